The molecular weight excluding hydrogens is 186 g/mol. The number of hydrogen-bond donors (Lipinski definition) is 1. The molecule has 2 heteroatoms. The molecule has 15 heavy (non-hydrogen) atoms. The van der Waals surface area contributed by atoms with Crippen molar-refractivity contribution in [2.45, 2.75) is 31.7 Å². The van der Waals surface area contributed by atoms with Crippen LogP contribution >= 0.6 is 0 Å². The zero-order chi connectivity index (χ0) is 10.7. The van der Waals surface area contributed by atoms with Crippen LogP contribution in [-0.4, -0.2) is 13.2 Å². The third-order valence-electron chi connectivity index (χ3n) is 3.15. The van der Waals surface area contributed by atoms with Crippen LogP contribution < -0.4 is 5.73 Å². The van der Waals surface area contributed by atoms with Crippen molar-refractivity contribution in [3.63, 3.8) is 0 Å². The molecule has 0 aromatic heterocycles. The van der Waals surface area contributed by atoms with Crippen LogP contribution in [0.5, 0.6) is 0 Å². The Bertz CT molecular complexity index is 316. The van der Waals surface area contributed by atoms with Crippen LogP contribution in [0.4, 0.5) is 0 Å². The van der Waals surface area contributed by atoms with Crippen LogP contribution in [0, 0.1) is 0 Å². The van der Waals surface area contributed by atoms with Crippen LogP contribution in [0.1, 0.15) is 42.9 Å². The second kappa shape index (κ2) is 4.77. The van der Waals surface area contributed by atoms with Crippen LogP contribution in [-0.2, 0) is 4.74 Å². The van der Waals surface area contributed by atoms with Crippen LogP contribution in [0.3, 0.4) is 0 Å². The highest BCUT2D eigenvalue weighted by Gasteiger charge is 2.19. The zero-order valence-corrected chi connectivity index (χ0v) is 9.28. The van der Waals surface area contributed by atoms with E-state index in [0.29, 0.717) is 5.92 Å². The Hall–Kier alpha value is -0.860. The van der Waals surface area contributed by atoms with Crippen molar-refractivity contribution in [2.75, 3.05) is 13.2 Å². The summed E-state index contributed by atoms with van der Waals surface area (Å²) >= 11 is 0. The first-order valence-electron chi connectivity index (χ1n) is 5.71. The van der Waals surface area contributed by atoms with Crippen LogP contribution in [0.15, 0.2) is 24.3 Å². The van der Waals surface area contributed by atoms with Gasteiger partial charge in [-0.05, 0) is 36.8 Å². The number of ether oxygens (including phenoxy) is 1. The van der Waals surface area contributed by atoms with E-state index < -0.39 is 0 Å². The van der Waals surface area contributed by atoms with Crippen molar-refractivity contribution in [3.05, 3.63) is 35.4 Å². The van der Waals surface area contributed by atoms with Crippen molar-refractivity contribution in [3.8, 4) is 0 Å². The first kappa shape index (κ1) is 10.7. The lowest BCUT2D eigenvalue weighted by atomic mass is 9.86. The number of rotatable bonds is 2. The second-order valence-electron chi connectivity index (χ2n) is 4.30. The summed E-state index contributed by atoms with van der Waals surface area (Å²) in [5.41, 5.74) is 8.71. The molecule has 1 heterocycles. The Labute approximate surface area is 91.4 Å². The number of benzene rings is 1. The lowest BCUT2D eigenvalue weighted by Crippen LogP contribution is -2.17. The van der Waals surface area contributed by atoms with Crippen molar-refractivity contribution in [1.82, 2.24) is 0 Å². The molecule has 1 aromatic carbocycles. The number of nitrogens with two attached hydrogens (primary N) is 1. The first-order chi connectivity index (χ1) is 7.29. The van der Waals surface area contributed by atoms with E-state index in [2.05, 4.69) is 31.2 Å². The molecular formula is C13H19NO. The van der Waals surface area contributed by atoms with Crippen molar-refractivity contribution in [2.24, 2.45) is 5.73 Å². The molecule has 2 rings (SSSR count). The van der Waals surface area contributed by atoms with Gasteiger partial charge in [-0.1, -0.05) is 24.3 Å². The summed E-state index contributed by atoms with van der Waals surface area (Å²) in [6, 6.07) is 8.67. The fourth-order valence-corrected chi connectivity index (χ4v) is 2.31. The molecule has 1 aromatic rings. The van der Waals surface area contributed by atoms with Crippen LogP contribution in [0.25, 0.3) is 0 Å². The Morgan fingerprint density at radius 3 is 2.60 bits per heavy atom. The van der Waals surface area contributed by atoms with Gasteiger partial charge in [0.15, 0.2) is 0 Å². The van der Waals surface area contributed by atoms with Gasteiger partial charge in [0, 0.05) is 19.3 Å². The SMILES string of the molecule is CC(N)c1ccccc1C1CCOCC1. The van der Waals surface area contributed by atoms with E-state index >= 15 is 0 Å². The summed E-state index contributed by atoms with van der Waals surface area (Å²) in [6.45, 7) is 3.83. The Balaban J connectivity index is 2.25. The predicted octanol–water partition coefficient (Wildman–Crippen LogP) is 2.60. The molecule has 2 N–H and O–H groups in total. The maximum absolute atomic E-state index is 5.99. The highest BCUT2D eigenvalue weighted by molar-refractivity contribution is 5.32. The van der Waals surface area contributed by atoms with E-state index in [1.165, 1.54) is 11.1 Å². The molecule has 2 nitrogen and oxygen atoms in total. The third-order valence-corrected chi connectivity index (χ3v) is 3.15. The lowest BCUT2D eigenvalue weighted by Gasteiger charge is -2.25. The lowest BCUT2D eigenvalue weighted by molar-refractivity contribution is 0.0851. The van der Waals surface area contributed by atoms with Crippen molar-refractivity contribution >= 4 is 0 Å². The highest BCUT2D eigenvalue weighted by Crippen LogP contribution is 2.31. The normalized spacial score (nSPS) is 20.1. The van der Waals surface area contributed by atoms with E-state index in [4.69, 9.17) is 10.5 Å². The molecule has 0 aliphatic carbocycles. The minimum Gasteiger partial charge on any atom is -0.381 e. The molecule has 1 aliphatic heterocycles. The maximum Gasteiger partial charge on any atom is 0.0471 e. The van der Waals surface area contributed by atoms with Gasteiger partial charge in [0.1, 0.15) is 0 Å². The third kappa shape index (κ3) is 2.39. The molecule has 0 radical (unpaired) electrons. The molecule has 1 saturated heterocycles. The molecule has 0 saturated carbocycles. The average Bonchev–Trinajstić information content (AvgIpc) is 2.30. The monoisotopic (exact) mass is 205 g/mol. The highest BCUT2D eigenvalue weighted by atomic mass is 16.5. The molecule has 0 spiro atoms. The summed E-state index contributed by atoms with van der Waals surface area (Å²) in [7, 11) is 0. The van der Waals surface area contributed by atoms with Gasteiger partial charge in [-0.15, -0.1) is 0 Å². The van der Waals surface area contributed by atoms with E-state index in [1.54, 1.807) is 0 Å². The predicted molar refractivity (Wildman–Crippen MR) is 61.8 cm³/mol. The van der Waals surface area contributed by atoms with Crippen molar-refractivity contribution < 1.29 is 4.74 Å². The number of hydrogen-bond acceptors (Lipinski definition) is 2. The average molecular weight is 205 g/mol. The first-order valence-corrected chi connectivity index (χ1v) is 5.71. The Morgan fingerprint density at radius 2 is 1.93 bits per heavy atom. The largest absolute Gasteiger partial charge is 0.381 e. The molecule has 0 bridgehead atoms. The molecule has 1 aliphatic rings. The zero-order valence-electron chi connectivity index (χ0n) is 9.28. The van der Waals surface area contributed by atoms with Gasteiger partial charge < -0.3 is 10.5 Å². The quantitative estimate of drug-likeness (QED) is 0.805. The molecule has 82 valence electrons. The summed E-state index contributed by atoms with van der Waals surface area (Å²) in [5.74, 6) is 0.640. The molecule has 0 amide bonds. The van der Waals surface area contributed by atoms with Crippen LogP contribution in [0.2, 0.25) is 0 Å². The molecule has 1 fully saturated rings. The van der Waals surface area contributed by atoms with Gasteiger partial charge in [-0.25, -0.2) is 0 Å². The van der Waals surface area contributed by atoms with Gasteiger partial charge in [0.25, 0.3) is 0 Å². The maximum atomic E-state index is 5.99. The van der Waals surface area contributed by atoms with Gasteiger partial charge in [-0.3, -0.25) is 0 Å². The van der Waals surface area contributed by atoms with E-state index in [0.717, 1.165) is 26.1 Å². The Morgan fingerprint density at radius 1 is 1.27 bits per heavy atom. The molecule has 1 atom stereocenters. The minimum atomic E-state index is 0.129. The second-order valence-corrected chi connectivity index (χ2v) is 4.30. The van der Waals surface area contributed by atoms with Crippen molar-refractivity contribution in [1.29, 1.82) is 0 Å². The summed E-state index contributed by atoms with van der Waals surface area (Å²) in [6.07, 6.45) is 2.26. The Kier molecular flexibility index (Phi) is 3.39. The fourth-order valence-electron chi connectivity index (χ4n) is 2.31. The van der Waals surface area contributed by atoms with E-state index in [-0.39, 0.29) is 6.04 Å². The fraction of sp³-hybridized carbons (Fsp3) is 0.538. The smallest absolute Gasteiger partial charge is 0.0471 e. The van der Waals surface area contributed by atoms with Gasteiger partial charge in [-0.2, -0.15) is 0 Å². The van der Waals surface area contributed by atoms with Gasteiger partial charge >= 0.3 is 0 Å². The summed E-state index contributed by atoms with van der Waals surface area (Å²) < 4.78 is 5.39. The van der Waals surface area contributed by atoms with Gasteiger partial charge in [0.2, 0.25) is 0 Å². The minimum absolute atomic E-state index is 0.129. The topological polar surface area (TPSA) is 35.2 Å². The summed E-state index contributed by atoms with van der Waals surface area (Å²) in [5, 5.41) is 0. The van der Waals surface area contributed by atoms with Gasteiger partial charge in [0.05, 0.1) is 0 Å². The van der Waals surface area contributed by atoms with E-state index in [1.807, 2.05) is 0 Å². The standard InChI is InChI=1S/C13H19NO/c1-10(14)12-4-2-3-5-13(12)11-6-8-15-9-7-11/h2-5,10-11H,6-9,14H2,1H3. The molecule has 1 unspecified atom stereocenters. The van der Waals surface area contributed by atoms with E-state index in [9.17, 15) is 0 Å². The summed E-state index contributed by atoms with van der Waals surface area (Å²) in [4.78, 5) is 0.